The largest absolute Gasteiger partial charge is 0.481 e. The van der Waals surface area contributed by atoms with Crippen LogP contribution in [-0.4, -0.2) is 21.8 Å². The number of ketones is 1. The Morgan fingerprint density at radius 3 is 2.24 bits per heavy atom. The van der Waals surface area contributed by atoms with E-state index in [4.69, 9.17) is 4.42 Å². The number of fused-ring (bicyclic) bond motifs is 1. The first-order chi connectivity index (χ1) is 16.5. The van der Waals surface area contributed by atoms with E-state index >= 15 is 0 Å². The van der Waals surface area contributed by atoms with Crippen LogP contribution in [0, 0.1) is 18.8 Å². The fourth-order valence-corrected chi connectivity index (χ4v) is 4.74. The third-order valence-corrected chi connectivity index (χ3v) is 6.60. The Labute approximate surface area is 197 Å². The average Bonchev–Trinajstić information content (AvgIpc) is 3.25. The monoisotopic (exact) mass is 454 g/mol. The minimum Gasteiger partial charge on any atom is -0.481 e. The zero-order valence-electron chi connectivity index (χ0n) is 19.0. The predicted molar refractivity (Wildman–Crippen MR) is 131 cm³/mol. The molecule has 0 amide bonds. The maximum absolute atomic E-state index is 13.0. The fraction of sp³-hybridized carbons (Fsp3) is 0.250. The number of aromatic nitrogens is 1. The van der Waals surface area contributed by atoms with Crippen molar-refractivity contribution in [2.24, 2.45) is 11.8 Å². The molecule has 0 aliphatic heterocycles. The van der Waals surface area contributed by atoms with Gasteiger partial charge < -0.3 is 14.8 Å². The first kappa shape index (κ1) is 21.9. The second kappa shape index (κ2) is 9.14. The molecule has 5 rings (SSSR count). The molecule has 1 saturated carbocycles. The summed E-state index contributed by atoms with van der Waals surface area (Å²) in [4.78, 5) is 29.0. The molecule has 2 N–H and O–H groups in total. The van der Waals surface area contributed by atoms with Crippen molar-refractivity contribution in [3.8, 4) is 11.1 Å². The molecule has 6 nitrogen and oxygen atoms in total. The molecule has 1 aliphatic rings. The van der Waals surface area contributed by atoms with Gasteiger partial charge >= 0.3 is 5.97 Å². The maximum Gasteiger partial charge on any atom is 0.307 e. The number of nitrogens with one attached hydrogen (secondary N) is 1. The summed E-state index contributed by atoms with van der Waals surface area (Å²) in [5.41, 5.74) is 6.11. The van der Waals surface area contributed by atoms with Crippen LogP contribution in [0.4, 0.5) is 11.7 Å². The summed E-state index contributed by atoms with van der Waals surface area (Å²) in [7, 11) is 0. The van der Waals surface area contributed by atoms with Crippen LogP contribution in [0.15, 0.2) is 71.1 Å². The first-order valence-corrected chi connectivity index (χ1v) is 11.6. The Morgan fingerprint density at radius 1 is 0.912 bits per heavy atom. The number of rotatable bonds is 6. The van der Waals surface area contributed by atoms with Gasteiger partial charge in [-0.3, -0.25) is 9.59 Å². The lowest BCUT2D eigenvalue weighted by Gasteiger charge is -2.27. The quantitative estimate of drug-likeness (QED) is 0.318. The van der Waals surface area contributed by atoms with Crippen LogP contribution < -0.4 is 5.32 Å². The molecule has 34 heavy (non-hydrogen) atoms. The summed E-state index contributed by atoms with van der Waals surface area (Å²) < 4.78 is 5.76. The van der Waals surface area contributed by atoms with Gasteiger partial charge in [0.25, 0.3) is 6.01 Å². The van der Waals surface area contributed by atoms with Gasteiger partial charge in [-0.2, -0.15) is 4.98 Å². The smallest absolute Gasteiger partial charge is 0.307 e. The minimum absolute atomic E-state index is 0.0632. The molecule has 0 saturated heterocycles. The van der Waals surface area contributed by atoms with Crippen LogP contribution in [-0.2, 0) is 4.79 Å². The van der Waals surface area contributed by atoms with E-state index in [1.807, 2.05) is 61.5 Å². The van der Waals surface area contributed by atoms with Crippen LogP contribution in [0.25, 0.3) is 22.2 Å². The number of hydrogen-bond donors (Lipinski definition) is 2. The van der Waals surface area contributed by atoms with E-state index in [-0.39, 0.29) is 5.78 Å². The number of aryl methyl sites for hydroxylation is 1. The molecule has 4 aromatic rings. The van der Waals surface area contributed by atoms with E-state index < -0.39 is 17.8 Å². The summed E-state index contributed by atoms with van der Waals surface area (Å²) in [6, 6.07) is 21.7. The lowest BCUT2D eigenvalue weighted by molar-refractivity contribution is -0.144. The van der Waals surface area contributed by atoms with Crippen molar-refractivity contribution in [2.75, 3.05) is 5.32 Å². The van der Waals surface area contributed by atoms with Crippen LogP contribution in [0.5, 0.6) is 0 Å². The lowest BCUT2D eigenvalue weighted by atomic mass is 9.75. The number of nitrogens with zero attached hydrogens (tertiary/aromatic N) is 1. The number of carbonyl (C=O) groups excluding carboxylic acids is 1. The number of oxazole rings is 1. The van der Waals surface area contributed by atoms with Gasteiger partial charge in [0.05, 0.1) is 5.92 Å². The molecular formula is C28H26N2O4. The summed E-state index contributed by atoms with van der Waals surface area (Å²) in [5, 5.41) is 12.7. The number of anilines is 2. The second-order valence-electron chi connectivity index (χ2n) is 8.97. The standard InChI is InChI=1S/C28H26N2O4/c1-17-6-15-25-24(16-17)30-28(34-25)29-21-13-11-19(12-14-21)18-7-9-20(10-8-18)26(31)22-4-2-3-5-23(22)27(32)33/h6-16,22-23H,2-5H2,1H3,(H,29,30)(H,32,33). The Balaban J connectivity index is 1.28. The molecule has 1 heterocycles. The van der Waals surface area contributed by atoms with Crippen molar-refractivity contribution < 1.29 is 19.1 Å². The number of hydrogen-bond acceptors (Lipinski definition) is 5. The summed E-state index contributed by atoms with van der Waals surface area (Å²) >= 11 is 0. The number of aliphatic carboxylic acids is 1. The van der Waals surface area contributed by atoms with Crippen molar-refractivity contribution in [3.63, 3.8) is 0 Å². The maximum atomic E-state index is 13.0. The molecule has 6 heteroatoms. The minimum atomic E-state index is -0.865. The van der Waals surface area contributed by atoms with Gasteiger partial charge in [-0.05, 0) is 60.7 Å². The Kier molecular flexibility index (Phi) is 5.88. The average molecular weight is 455 g/mol. The van der Waals surface area contributed by atoms with Crippen molar-refractivity contribution in [1.82, 2.24) is 4.98 Å². The van der Waals surface area contributed by atoms with E-state index in [2.05, 4.69) is 10.3 Å². The van der Waals surface area contributed by atoms with Crippen molar-refractivity contribution in [2.45, 2.75) is 32.6 Å². The second-order valence-corrected chi connectivity index (χ2v) is 8.97. The van der Waals surface area contributed by atoms with Crippen molar-refractivity contribution in [1.29, 1.82) is 0 Å². The lowest BCUT2D eigenvalue weighted by Crippen LogP contribution is -2.32. The van der Waals surface area contributed by atoms with Crippen LogP contribution in [0.1, 0.15) is 41.6 Å². The number of carbonyl (C=O) groups is 2. The molecule has 0 spiro atoms. The number of carboxylic acids is 1. The van der Waals surface area contributed by atoms with E-state index in [9.17, 15) is 14.7 Å². The highest BCUT2D eigenvalue weighted by atomic mass is 16.4. The molecule has 2 unspecified atom stereocenters. The molecule has 0 bridgehead atoms. The zero-order valence-corrected chi connectivity index (χ0v) is 19.0. The molecule has 0 radical (unpaired) electrons. The highest BCUT2D eigenvalue weighted by Crippen LogP contribution is 2.33. The number of carboxylic acid groups (broad SMARTS) is 1. The highest BCUT2D eigenvalue weighted by Gasteiger charge is 2.35. The Hall–Kier alpha value is -3.93. The summed E-state index contributed by atoms with van der Waals surface area (Å²) in [6.07, 6.45) is 3.00. The number of benzene rings is 3. The molecule has 2 atom stereocenters. The van der Waals surface area contributed by atoms with Gasteiger partial charge in [-0.25, -0.2) is 0 Å². The van der Waals surface area contributed by atoms with Gasteiger partial charge in [-0.15, -0.1) is 0 Å². The zero-order chi connectivity index (χ0) is 23.7. The van der Waals surface area contributed by atoms with Crippen LogP contribution in [0.2, 0.25) is 0 Å². The summed E-state index contributed by atoms with van der Waals surface area (Å²) in [5.74, 6) is -1.94. The van der Waals surface area contributed by atoms with Gasteiger partial charge in [0.1, 0.15) is 5.52 Å². The van der Waals surface area contributed by atoms with E-state index in [1.165, 1.54) is 0 Å². The van der Waals surface area contributed by atoms with E-state index in [0.29, 0.717) is 24.4 Å². The van der Waals surface area contributed by atoms with Gasteiger partial charge in [0.2, 0.25) is 0 Å². The topological polar surface area (TPSA) is 92.4 Å². The van der Waals surface area contributed by atoms with E-state index in [1.54, 1.807) is 12.1 Å². The predicted octanol–water partition coefficient (Wildman–Crippen LogP) is 6.62. The van der Waals surface area contributed by atoms with Gasteiger partial charge in [0.15, 0.2) is 11.4 Å². The first-order valence-electron chi connectivity index (χ1n) is 11.6. The Bertz CT molecular complexity index is 1340. The number of Topliss-reactive ketones (excluding diaryl/α,β-unsaturated/α-hetero) is 1. The molecule has 1 fully saturated rings. The van der Waals surface area contributed by atoms with Gasteiger partial charge in [-0.1, -0.05) is 55.3 Å². The Morgan fingerprint density at radius 2 is 1.56 bits per heavy atom. The van der Waals surface area contributed by atoms with E-state index in [0.717, 1.165) is 46.3 Å². The van der Waals surface area contributed by atoms with Crippen LogP contribution in [0.3, 0.4) is 0 Å². The molecule has 1 aromatic heterocycles. The molecule has 172 valence electrons. The highest BCUT2D eigenvalue weighted by molar-refractivity contribution is 6.00. The fourth-order valence-electron chi connectivity index (χ4n) is 4.74. The van der Waals surface area contributed by atoms with Gasteiger partial charge in [0, 0.05) is 17.2 Å². The molecular weight excluding hydrogens is 428 g/mol. The molecule has 3 aromatic carbocycles. The SMILES string of the molecule is Cc1ccc2oc(Nc3ccc(-c4ccc(C(=O)C5CCCCC5C(=O)O)cc4)cc3)nc2c1. The third-order valence-electron chi connectivity index (χ3n) is 6.60. The molecule has 1 aliphatic carbocycles. The third kappa shape index (κ3) is 4.44. The van der Waals surface area contributed by atoms with Crippen molar-refractivity contribution in [3.05, 3.63) is 77.9 Å². The van der Waals surface area contributed by atoms with Crippen molar-refractivity contribution >= 4 is 34.6 Å². The summed E-state index contributed by atoms with van der Waals surface area (Å²) in [6.45, 7) is 2.02. The normalized spacial score (nSPS) is 18.0. The van der Waals surface area contributed by atoms with Crippen LogP contribution >= 0.6 is 0 Å².